The average molecular weight is 289 g/mol. The molecule has 1 atom stereocenters. The molecular weight excluding hydrogens is 277 g/mol. The fourth-order valence-electron chi connectivity index (χ4n) is 1.83. The van der Waals surface area contributed by atoms with Crippen molar-refractivity contribution in [3.8, 4) is 0 Å². The lowest BCUT2D eigenvalue weighted by Gasteiger charge is -2.31. The second-order valence-corrected chi connectivity index (χ2v) is 5.89. The highest BCUT2D eigenvalue weighted by Gasteiger charge is 2.38. The van der Waals surface area contributed by atoms with Crippen molar-refractivity contribution in [1.82, 2.24) is 4.31 Å². The lowest BCUT2D eigenvalue weighted by molar-refractivity contribution is -0.146. The molecule has 0 spiro atoms. The number of carboxylic acids is 1. The van der Waals surface area contributed by atoms with Gasteiger partial charge in [0.25, 0.3) is 0 Å². The fraction of sp³-hybridized carbons (Fsp3) is 0.364. The van der Waals surface area contributed by atoms with E-state index in [1.807, 2.05) is 0 Å². The summed E-state index contributed by atoms with van der Waals surface area (Å²) in [6.45, 7) is -0.183. The Bertz CT molecular complexity index is 589. The molecule has 1 aromatic carbocycles. The highest BCUT2D eigenvalue weighted by molar-refractivity contribution is 7.89. The molecule has 0 amide bonds. The molecule has 0 radical (unpaired) electrons. The largest absolute Gasteiger partial charge is 0.480 e. The summed E-state index contributed by atoms with van der Waals surface area (Å²) >= 11 is 0. The Morgan fingerprint density at radius 1 is 1.47 bits per heavy atom. The average Bonchev–Trinajstić information content (AvgIpc) is 2.38. The minimum Gasteiger partial charge on any atom is -0.480 e. The molecule has 2 rings (SSSR count). The molecule has 0 saturated carbocycles. The molecule has 0 bridgehead atoms. The number of benzene rings is 1. The third kappa shape index (κ3) is 2.75. The van der Waals surface area contributed by atoms with E-state index in [2.05, 4.69) is 0 Å². The molecule has 104 valence electrons. The van der Waals surface area contributed by atoms with E-state index in [-0.39, 0.29) is 24.7 Å². The van der Waals surface area contributed by atoms with Gasteiger partial charge in [-0.3, -0.25) is 4.79 Å². The van der Waals surface area contributed by atoms with Crippen LogP contribution in [0.1, 0.15) is 0 Å². The van der Waals surface area contributed by atoms with Gasteiger partial charge in [0.2, 0.25) is 10.0 Å². The van der Waals surface area contributed by atoms with Gasteiger partial charge in [0.15, 0.2) is 0 Å². The van der Waals surface area contributed by atoms with Crippen molar-refractivity contribution < 1.29 is 27.4 Å². The molecular formula is C11H12FNO5S. The van der Waals surface area contributed by atoms with Crippen LogP contribution in [0.5, 0.6) is 0 Å². The van der Waals surface area contributed by atoms with Crippen molar-refractivity contribution in [2.75, 3.05) is 19.8 Å². The lowest BCUT2D eigenvalue weighted by atomic mass is 10.3. The Hall–Kier alpha value is -1.51. The third-order valence-electron chi connectivity index (χ3n) is 2.77. The summed E-state index contributed by atoms with van der Waals surface area (Å²) in [6, 6.07) is 3.18. The molecule has 8 heteroatoms. The maximum absolute atomic E-state index is 13.1. The van der Waals surface area contributed by atoms with Crippen molar-refractivity contribution in [1.29, 1.82) is 0 Å². The number of carbonyl (C=O) groups is 1. The second-order valence-electron chi connectivity index (χ2n) is 4.00. The Morgan fingerprint density at radius 3 is 2.84 bits per heavy atom. The van der Waals surface area contributed by atoms with Gasteiger partial charge in [0.1, 0.15) is 11.9 Å². The molecule has 1 heterocycles. The number of sulfonamides is 1. The Labute approximate surface area is 109 Å². The van der Waals surface area contributed by atoms with Gasteiger partial charge in [-0.25, -0.2) is 12.8 Å². The summed E-state index contributed by atoms with van der Waals surface area (Å²) < 4.78 is 43.5. The molecule has 1 fully saturated rings. The maximum atomic E-state index is 13.1. The number of hydrogen-bond donors (Lipinski definition) is 1. The summed E-state index contributed by atoms with van der Waals surface area (Å²) in [6.07, 6.45) is 0. The van der Waals surface area contributed by atoms with Crippen LogP contribution < -0.4 is 0 Å². The van der Waals surface area contributed by atoms with E-state index in [1.165, 1.54) is 12.1 Å². The number of carboxylic acid groups (broad SMARTS) is 1. The van der Waals surface area contributed by atoms with Gasteiger partial charge >= 0.3 is 5.97 Å². The quantitative estimate of drug-likeness (QED) is 0.865. The van der Waals surface area contributed by atoms with E-state index < -0.39 is 27.9 Å². The van der Waals surface area contributed by atoms with Gasteiger partial charge in [-0.2, -0.15) is 4.31 Å². The smallest absolute Gasteiger partial charge is 0.324 e. The monoisotopic (exact) mass is 289 g/mol. The Morgan fingerprint density at radius 2 is 2.21 bits per heavy atom. The van der Waals surface area contributed by atoms with Crippen LogP contribution in [-0.4, -0.2) is 49.6 Å². The maximum Gasteiger partial charge on any atom is 0.324 e. The van der Waals surface area contributed by atoms with Crippen LogP contribution in [0.3, 0.4) is 0 Å². The molecule has 1 aliphatic rings. The van der Waals surface area contributed by atoms with Crippen molar-refractivity contribution in [2.45, 2.75) is 10.9 Å². The summed E-state index contributed by atoms with van der Waals surface area (Å²) in [5.74, 6) is -1.99. The van der Waals surface area contributed by atoms with Crippen molar-refractivity contribution in [2.24, 2.45) is 0 Å². The molecule has 1 aromatic rings. The Balaban J connectivity index is 2.40. The predicted octanol–water partition coefficient (Wildman–Crippen LogP) is 0.300. The van der Waals surface area contributed by atoms with Crippen LogP contribution in [-0.2, 0) is 19.6 Å². The van der Waals surface area contributed by atoms with Gasteiger partial charge in [-0.1, -0.05) is 6.07 Å². The van der Waals surface area contributed by atoms with Gasteiger partial charge in [0, 0.05) is 6.54 Å². The second kappa shape index (κ2) is 5.24. The van der Waals surface area contributed by atoms with Crippen LogP contribution in [0.4, 0.5) is 4.39 Å². The fourth-order valence-corrected chi connectivity index (χ4v) is 3.42. The van der Waals surface area contributed by atoms with Crippen molar-refractivity contribution in [3.05, 3.63) is 30.1 Å². The van der Waals surface area contributed by atoms with Crippen LogP contribution in [0.2, 0.25) is 0 Å². The van der Waals surface area contributed by atoms with Gasteiger partial charge < -0.3 is 9.84 Å². The van der Waals surface area contributed by atoms with E-state index in [0.717, 1.165) is 16.4 Å². The first kappa shape index (κ1) is 13.9. The van der Waals surface area contributed by atoms with Crippen LogP contribution in [0, 0.1) is 5.82 Å². The summed E-state index contributed by atoms with van der Waals surface area (Å²) in [7, 11) is -4.05. The number of aliphatic carboxylic acids is 1. The van der Waals surface area contributed by atoms with E-state index >= 15 is 0 Å². The molecule has 1 aliphatic heterocycles. The summed E-state index contributed by atoms with van der Waals surface area (Å²) in [5.41, 5.74) is 0. The number of rotatable bonds is 3. The molecule has 1 unspecified atom stereocenters. The Kier molecular flexibility index (Phi) is 3.83. The minimum atomic E-state index is -4.05. The zero-order chi connectivity index (χ0) is 14.0. The van der Waals surface area contributed by atoms with E-state index in [0.29, 0.717) is 0 Å². The minimum absolute atomic E-state index is 0.0736. The highest BCUT2D eigenvalue weighted by atomic mass is 32.2. The number of nitrogens with zero attached hydrogens (tertiary/aromatic N) is 1. The zero-order valence-electron chi connectivity index (χ0n) is 9.82. The normalized spacial score (nSPS) is 21.2. The van der Waals surface area contributed by atoms with Crippen LogP contribution >= 0.6 is 0 Å². The molecule has 0 aliphatic carbocycles. The zero-order valence-corrected chi connectivity index (χ0v) is 10.6. The molecule has 6 nitrogen and oxygen atoms in total. The standard InChI is InChI=1S/C11H12FNO5S/c12-8-2-1-3-9(6-8)19(16,17)13-4-5-18-7-10(13)11(14)15/h1-3,6,10H,4-5,7H2,(H,14,15). The third-order valence-corrected chi connectivity index (χ3v) is 4.67. The summed E-state index contributed by atoms with van der Waals surface area (Å²) in [5, 5.41) is 9.01. The van der Waals surface area contributed by atoms with E-state index in [1.54, 1.807) is 0 Å². The van der Waals surface area contributed by atoms with E-state index in [4.69, 9.17) is 9.84 Å². The number of halogens is 1. The molecule has 1 N–H and O–H groups in total. The topological polar surface area (TPSA) is 83.9 Å². The highest BCUT2D eigenvalue weighted by Crippen LogP contribution is 2.21. The SMILES string of the molecule is O=C(O)C1COCCN1S(=O)(=O)c1cccc(F)c1. The van der Waals surface area contributed by atoms with Gasteiger partial charge in [-0.15, -0.1) is 0 Å². The number of ether oxygens (including phenoxy) is 1. The first-order valence-electron chi connectivity index (χ1n) is 5.51. The first-order valence-corrected chi connectivity index (χ1v) is 6.95. The van der Waals surface area contributed by atoms with Crippen LogP contribution in [0.15, 0.2) is 29.2 Å². The van der Waals surface area contributed by atoms with Crippen molar-refractivity contribution >= 4 is 16.0 Å². The van der Waals surface area contributed by atoms with Gasteiger partial charge in [-0.05, 0) is 18.2 Å². The molecule has 19 heavy (non-hydrogen) atoms. The van der Waals surface area contributed by atoms with Gasteiger partial charge in [0.05, 0.1) is 18.1 Å². The number of hydrogen-bond acceptors (Lipinski definition) is 4. The van der Waals surface area contributed by atoms with Crippen LogP contribution in [0.25, 0.3) is 0 Å². The predicted molar refractivity (Wildman–Crippen MR) is 62.5 cm³/mol. The van der Waals surface area contributed by atoms with E-state index in [9.17, 15) is 17.6 Å². The molecule has 0 aromatic heterocycles. The summed E-state index contributed by atoms with van der Waals surface area (Å²) in [4.78, 5) is 10.8. The lowest BCUT2D eigenvalue weighted by Crippen LogP contribution is -2.52. The first-order chi connectivity index (χ1) is 8.93. The van der Waals surface area contributed by atoms with Crippen molar-refractivity contribution in [3.63, 3.8) is 0 Å². The number of morpholine rings is 1. The molecule has 1 saturated heterocycles.